The van der Waals surface area contributed by atoms with E-state index in [2.05, 4.69) is 4.98 Å². The maximum atomic E-state index is 9.64. The molecule has 5 N–H and O–H groups in total. The van der Waals surface area contributed by atoms with Crippen LogP contribution in [0.5, 0.6) is 5.75 Å². The maximum absolute atomic E-state index is 9.64. The number of allylic oxidation sites excluding steroid dienone is 1. The summed E-state index contributed by atoms with van der Waals surface area (Å²) in [5.41, 5.74) is 13.0. The van der Waals surface area contributed by atoms with Gasteiger partial charge in [0, 0.05) is 17.5 Å². The van der Waals surface area contributed by atoms with Crippen molar-refractivity contribution < 1.29 is 5.11 Å². The molecule has 0 aliphatic rings. The Bertz CT molecular complexity index is 432. The van der Waals surface area contributed by atoms with Gasteiger partial charge in [0.05, 0.1) is 6.20 Å². The maximum Gasteiger partial charge on any atom is 0.141 e. The Labute approximate surface area is 134 Å². The number of aromatic hydroxyl groups is 1. The Morgan fingerprint density at radius 2 is 1.59 bits per heavy atom. The van der Waals surface area contributed by atoms with Gasteiger partial charge in [-0.15, -0.1) is 0 Å². The third-order valence-corrected chi connectivity index (χ3v) is 3.84. The van der Waals surface area contributed by atoms with Crippen molar-refractivity contribution in [2.24, 2.45) is 11.5 Å². The lowest BCUT2D eigenvalue weighted by molar-refractivity contribution is 0.471. The van der Waals surface area contributed by atoms with Crippen molar-refractivity contribution in [3.63, 3.8) is 0 Å². The van der Waals surface area contributed by atoms with Crippen LogP contribution in [0.3, 0.4) is 0 Å². The number of aromatic nitrogens is 1. The van der Waals surface area contributed by atoms with Gasteiger partial charge in [0.2, 0.25) is 0 Å². The van der Waals surface area contributed by atoms with E-state index in [1.807, 2.05) is 6.08 Å². The van der Waals surface area contributed by atoms with E-state index in [9.17, 15) is 5.11 Å². The molecule has 1 aromatic heterocycles. The number of pyridine rings is 1. The van der Waals surface area contributed by atoms with Crippen LogP contribution in [0.15, 0.2) is 24.2 Å². The molecule has 124 valence electrons. The Balaban J connectivity index is 2.04. The first-order valence-electron chi connectivity index (χ1n) is 8.53. The van der Waals surface area contributed by atoms with E-state index in [1.165, 1.54) is 57.6 Å². The normalized spacial score (nSPS) is 11.8. The molecule has 0 amide bonds. The van der Waals surface area contributed by atoms with Crippen LogP contribution in [0.25, 0.3) is 6.08 Å². The summed E-state index contributed by atoms with van der Waals surface area (Å²) in [6.07, 6.45) is 17.2. The Morgan fingerprint density at radius 3 is 2.18 bits per heavy atom. The van der Waals surface area contributed by atoms with Crippen molar-refractivity contribution in [3.05, 3.63) is 29.7 Å². The summed E-state index contributed by atoms with van der Waals surface area (Å²) in [7, 11) is 0. The van der Waals surface area contributed by atoms with Crippen molar-refractivity contribution in [1.82, 2.24) is 4.98 Å². The second kappa shape index (κ2) is 12.0. The third-order valence-electron chi connectivity index (χ3n) is 3.84. The predicted molar refractivity (Wildman–Crippen MR) is 93.3 cm³/mol. The van der Waals surface area contributed by atoms with Crippen LogP contribution < -0.4 is 11.5 Å². The Morgan fingerprint density at radius 1 is 1.00 bits per heavy atom. The molecule has 0 bridgehead atoms. The van der Waals surface area contributed by atoms with E-state index in [1.54, 1.807) is 12.3 Å². The number of hydrogen-bond donors (Lipinski definition) is 3. The molecule has 0 aliphatic heterocycles. The lowest BCUT2D eigenvalue weighted by Crippen LogP contribution is -1.97. The SMILES string of the molecule is NCCCCCCCCCCCC(N)=Cc1ccncc1O. The number of nitrogens with zero attached hydrogens (tertiary/aromatic N) is 1. The molecule has 4 heteroatoms. The summed E-state index contributed by atoms with van der Waals surface area (Å²) in [5, 5.41) is 9.64. The van der Waals surface area contributed by atoms with Crippen molar-refractivity contribution in [1.29, 1.82) is 0 Å². The molecule has 1 rings (SSSR count). The zero-order valence-electron chi connectivity index (χ0n) is 13.6. The van der Waals surface area contributed by atoms with E-state index in [-0.39, 0.29) is 5.75 Å². The zero-order chi connectivity index (χ0) is 16.0. The molecule has 4 nitrogen and oxygen atoms in total. The van der Waals surface area contributed by atoms with Crippen LogP contribution in [-0.4, -0.2) is 16.6 Å². The zero-order valence-corrected chi connectivity index (χ0v) is 13.6. The molecule has 0 fully saturated rings. The van der Waals surface area contributed by atoms with Crippen molar-refractivity contribution in [2.75, 3.05) is 6.54 Å². The molecule has 1 aromatic rings. The lowest BCUT2D eigenvalue weighted by Gasteiger charge is -2.04. The van der Waals surface area contributed by atoms with Gasteiger partial charge in [-0.3, -0.25) is 4.98 Å². The highest BCUT2D eigenvalue weighted by molar-refractivity contribution is 5.57. The van der Waals surface area contributed by atoms with Crippen LogP contribution in [0.4, 0.5) is 0 Å². The first-order chi connectivity index (χ1) is 10.7. The fourth-order valence-electron chi connectivity index (χ4n) is 2.50. The highest BCUT2D eigenvalue weighted by Gasteiger charge is 1.99. The average molecular weight is 305 g/mol. The van der Waals surface area contributed by atoms with E-state index in [0.717, 1.165) is 30.6 Å². The molecule has 0 unspecified atom stereocenters. The number of hydrogen-bond acceptors (Lipinski definition) is 4. The molecule has 1 heterocycles. The van der Waals surface area contributed by atoms with Gasteiger partial charge in [0.15, 0.2) is 0 Å². The highest BCUT2D eigenvalue weighted by atomic mass is 16.3. The van der Waals surface area contributed by atoms with Gasteiger partial charge in [0.25, 0.3) is 0 Å². The van der Waals surface area contributed by atoms with E-state index >= 15 is 0 Å². The minimum absolute atomic E-state index is 0.181. The topological polar surface area (TPSA) is 85.2 Å². The fraction of sp³-hybridized carbons (Fsp3) is 0.611. The van der Waals surface area contributed by atoms with Crippen LogP contribution in [0, 0.1) is 0 Å². The van der Waals surface area contributed by atoms with Gasteiger partial charge in [0.1, 0.15) is 5.75 Å². The summed E-state index contributed by atoms with van der Waals surface area (Å²) in [4.78, 5) is 3.85. The van der Waals surface area contributed by atoms with Gasteiger partial charge in [-0.25, -0.2) is 0 Å². The van der Waals surface area contributed by atoms with Crippen molar-refractivity contribution in [3.8, 4) is 5.75 Å². The Hall–Kier alpha value is -1.55. The van der Waals surface area contributed by atoms with E-state index < -0.39 is 0 Å². The van der Waals surface area contributed by atoms with Crippen LogP contribution >= 0.6 is 0 Å². The fourth-order valence-corrected chi connectivity index (χ4v) is 2.50. The van der Waals surface area contributed by atoms with Gasteiger partial charge < -0.3 is 16.6 Å². The molecule has 22 heavy (non-hydrogen) atoms. The minimum Gasteiger partial charge on any atom is -0.506 e. The monoisotopic (exact) mass is 305 g/mol. The standard InChI is InChI=1S/C18H31N3O/c19-12-9-7-5-3-1-2-4-6-8-10-17(20)14-16-11-13-21-15-18(16)22/h11,13-15,22H,1-10,12,19-20H2. The summed E-state index contributed by atoms with van der Waals surface area (Å²) >= 11 is 0. The second-order valence-electron chi connectivity index (χ2n) is 5.87. The van der Waals surface area contributed by atoms with E-state index in [4.69, 9.17) is 11.5 Å². The highest BCUT2D eigenvalue weighted by Crippen LogP contribution is 2.18. The first kappa shape index (κ1) is 18.5. The number of rotatable bonds is 12. The summed E-state index contributed by atoms with van der Waals surface area (Å²) in [5.74, 6) is 0.181. The average Bonchev–Trinajstić information content (AvgIpc) is 2.51. The van der Waals surface area contributed by atoms with Gasteiger partial charge in [-0.2, -0.15) is 0 Å². The largest absolute Gasteiger partial charge is 0.506 e. The summed E-state index contributed by atoms with van der Waals surface area (Å²) in [6, 6.07) is 1.77. The molecule has 0 saturated heterocycles. The quantitative estimate of drug-likeness (QED) is 0.510. The number of unbranched alkanes of at least 4 members (excludes halogenated alkanes) is 8. The molecule has 0 saturated carbocycles. The second-order valence-corrected chi connectivity index (χ2v) is 5.87. The van der Waals surface area contributed by atoms with Gasteiger partial charge in [-0.05, 0) is 37.9 Å². The number of nitrogens with two attached hydrogens (primary N) is 2. The molecular formula is C18H31N3O. The molecule has 0 spiro atoms. The van der Waals surface area contributed by atoms with Crippen molar-refractivity contribution >= 4 is 6.08 Å². The molecule has 0 atom stereocenters. The predicted octanol–water partition coefficient (Wildman–Crippen LogP) is 3.95. The molecule has 0 radical (unpaired) electrons. The minimum atomic E-state index is 0.181. The van der Waals surface area contributed by atoms with Crippen LogP contribution in [0.1, 0.15) is 69.8 Å². The van der Waals surface area contributed by atoms with Crippen LogP contribution in [-0.2, 0) is 0 Å². The molecule has 0 aliphatic carbocycles. The van der Waals surface area contributed by atoms with Crippen LogP contribution in [0.2, 0.25) is 0 Å². The Kier molecular flexibility index (Phi) is 10.1. The smallest absolute Gasteiger partial charge is 0.141 e. The first-order valence-corrected chi connectivity index (χ1v) is 8.53. The summed E-state index contributed by atoms with van der Waals surface area (Å²) in [6.45, 7) is 0.826. The van der Waals surface area contributed by atoms with Crippen molar-refractivity contribution in [2.45, 2.75) is 64.2 Å². The lowest BCUT2D eigenvalue weighted by atomic mass is 10.1. The third kappa shape index (κ3) is 8.67. The van der Waals surface area contributed by atoms with Gasteiger partial charge in [-0.1, -0.05) is 44.9 Å². The van der Waals surface area contributed by atoms with Gasteiger partial charge >= 0.3 is 0 Å². The summed E-state index contributed by atoms with van der Waals surface area (Å²) < 4.78 is 0. The molecule has 0 aromatic carbocycles. The molecular weight excluding hydrogens is 274 g/mol. The van der Waals surface area contributed by atoms with E-state index in [0.29, 0.717) is 0 Å².